The van der Waals surface area contributed by atoms with Crippen molar-refractivity contribution in [3.05, 3.63) is 81.9 Å². The molecule has 3 rings (SSSR count). The van der Waals surface area contributed by atoms with Crippen molar-refractivity contribution in [1.82, 2.24) is 5.43 Å². The first-order valence-corrected chi connectivity index (χ1v) is 10.7. The highest BCUT2D eigenvalue weighted by molar-refractivity contribution is 5.93. The Balaban J connectivity index is 1.55. The Hall–Kier alpha value is -5.13. The van der Waals surface area contributed by atoms with E-state index in [1.165, 1.54) is 57.9 Å². The number of benzene rings is 3. The Morgan fingerprint density at radius 3 is 2.19 bits per heavy atom. The van der Waals surface area contributed by atoms with E-state index in [4.69, 9.17) is 23.7 Å². The van der Waals surface area contributed by atoms with Crippen molar-refractivity contribution >= 4 is 23.8 Å². The number of rotatable bonds is 11. The van der Waals surface area contributed by atoms with E-state index in [0.29, 0.717) is 22.8 Å². The number of hydrogen-bond donors (Lipinski definition) is 1. The molecule has 0 bridgehead atoms. The number of nitro benzene ring substituents is 1. The summed E-state index contributed by atoms with van der Waals surface area (Å²) in [7, 11) is 4.34. The van der Waals surface area contributed by atoms with Gasteiger partial charge in [0.15, 0.2) is 23.9 Å². The molecule has 0 radical (unpaired) electrons. The number of amides is 1. The average Bonchev–Trinajstić information content (AvgIpc) is 2.91. The molecule has 0 unspecified atom stereocenters. The Labute approximate surface area is 211 Å². The van der Waals surface area contributed by atoms with Gasteiger partial charge in [-0.3, -0.25) is 14.9 Å². The number of methoxy groups -OCH3 is 3. The van der Waals surface area contributed by atoms with Crippen molar-refractivity contribution in [1.29, 1.82) is 0 Å². The molecule has 0 spiro atoms. The monoisotopic (exact) mass is 509 g/mol. The fraction of sp³-hybridized carbons (Fsp3) is 0.160. The number of hydrogen-bond acceptors (Lipinski definition) is 10. The second-order valence-electron chi connectivity index (χ2n) is 7.18. The van der Waals surface area contributed by atoms with Crippen molar-refractivity contribution in [2.75, 3.05) is 27.9 Å². The summed E-state index contributed by atoms with van der Waals surface area (Å²) in [5, 5.41) is 14.8. The molecule has 192 valence electrons. The molecule has 0 saturated carbocycles. The summed E-state index contributed by atoms with van der Waals surface area (Å²) in [5.41, 5.74) is 2.82. The minimum atomic E-state index is -0.633. The molecular formula is C25H23N3O9. The van der Waals surface area contributed by atoms with Crippen LogP contribution in [0.2, 0.25) is 0 Å². The number of para-hydroxylation sites is 2. The topological polar surface area (TPSA) is 148 Å². The van der Waals surface area contributed by atoms with Gasteiger partial charge in [0.25, 0.3) is 5.91 Å². The molecule has 0 aliphatic rings. The summed E-state index contributed by atoms with van der Waals surface area (Å²) >= 11 is 0. The van der Waals surface area contributed by atoms with E-state index in [9.17, 15) is 19.7 Å². The van der Waals surface area contributed by atoms with Gasteiger partial charge in [-0.2, -0.15) is 5.10 Å². The fourth-order valence-corrected chi connectivity index (χ4v) is 3.07. The number of nitro groups is 1. The van der Waals surface area contributed by atoms with E-state index in [1.807, 2.05) is 0 Å². The highest BCUT2D eigenvalue weighted by Crippen LogP contribution is 2.38. The first-order chi connectivity index (χ1) is 17.9. The molecule has 0 aromatic heterocycles. The van der Waals surface area contributed by atoms with Gasteiger partial charge in [-0.05, 0) is 48.0 Å². The average molecular weight is 509 g/mol. The van der Waals surface area contributed by atoms with Crippen molar-refractivity contribution < 1.29 is 38.2 Å². The molecule has 0 aliphatic carbocycles. The molecule has 0 saturated heterocycles. The summed E-state index contributed by atoms with van der Waals surface area (Å²) in [6.45, 7) is -0.460. The molecule has 3 aromatic carbocycles. The molecule has 12 heteroatoms. The van der Waals surface area contributed by atoms with Gasteiger partial charge in [-0.15, -0.1) is 0 Å². The van der Waals surface area contributed by atoms with Gasteiger partial charge in [0.2, 0.25) is 5.75 Å². The Morgan fingerprint density at radius 2 is 1.59 bits per heavy atom. The van der Waals surface area contributed by atoms with Crippen LogP contribution >= 0.6 is 0 Å². The van der Waals surface area contributed by atoms with Gasteiger partial charge in [-0.25, -0.2) is 10.2 Å². The van der Waals surface area contributed by atoms with Crippen LogP contribution in [0.25, 0.3) is 0 Å². The third-order valence-electron chi connectivity index (χ3n) is 4.81. The van der Waals surface area contributed by atoms with Crippen LogP contribution in [-0.4, -0.2) is 51.0 Å². The maximum atomic E-state index is 12.6. The van der Waals surface area contributed by atoms with Crippen molar-refractivity contribution in [3.8, 4) is 28.7 Å². The molecule has 0 heterocycles. The van der Waals surface area contributed by atoms with E-state index < -0.39 is 23.4 Å². The molecule has 0 fully saturated rings. The van der Waals surface area contributed by atoms with E-state index in [0.717, 1.165) is 0 Å². The molecule has 12 nitrogen and oxygen atoms in total. The quantitative estimate of drug-likeness (QED) is 0.135. The second-order valence-corrected chi connectivity index (χ2v) is 7.18. The number of ether oxygens (including phenoxy) is 5. The van der Waals surface area contributed by atoms with Crippen LogP contribution in [-0.2, 0) is 4.79 Å². The largest absolute Gasteiger partial charge is 0.493 e. The lowest BCUT2D eigenvalue weighted by atomic mass is 10.2. The van der Waals surface area contributed by atoms with Crippen LogP contribution in [0.4, 0.5) is 5.69 Å². The van der Waals surface area contributed by atoms with E-state index >= 15 is 0 Å². The molecule has 3 aromatic rings. The van der Waals surface area contributed by atoms with Gasteiger partial charge < -0.3 is 23.7 Å². The molecule has 1 N–H and O–H groups in total. The summed E-state index contributed by atoms with van der Waals surface area (Å²) in [6, 6.07) is 15.0. The lowest BCUT2D eigenvalue weighted by Crippen LogP contribution is -2.24. The Morgan fingerprint density at radius 1 is 0.946 bits per heavy atom. The summed E-state index contributed by atoms with van der Waals surface area (Å²) in [4.78, 5) is 34.9. The predicted molar refractivity (Wildman–Crippen MR) is 132 cm³/mol. The van der Waals surface area contributed by atoms with Crippen LogP contribution in [0, 0.1) is 10.1 Å². The summed E-state index contributed by atoms with van der Waals surface area (Å²) < 4.78 is 26.3. The van der Waals surface area contributed by atoms with Gasteiger partial charge in [0.05, 0.1) is 38.0 Å². The first-order valence-electron chi connectivity index (χ1n) is 10.7. The number of hydrazone groups is 1. The molecule has 37 heavy (non-hydrogen) atoms. The highest BCUT2D eigenvalue weighted by atomic mass is 16.6. The lowest BCUT2D eigenvalue weighted by molar-refractivity contribution is -0.385. The SMILES string of the molecule is COc1cc(C(=O)Oc2ccc(/C=N\NC(=O)COc3ccccc3[N+](=O)[O-])cc2)cc(OC)c1OC. The number of nitrogens with zero attached hydrogens (tertiary/aromatic N) is 2. The van der Waals surface area contributed by atoms with Crippen LogP contribution in [0.15, 0.2) is 65.8 Å². The van der Waals surface area contributed by atoms with Gasteiger partial charge in [-0.1, -0.05) is 12.1 Å². The number of carbonyl (C=O) groups excluding carboxylic acids is 2. The van der Waals surface area contributed by atoms with E-state index in [2.05, 4.69) is 10.5 Å². The molecular weight excluding hydrogens is 486 g/mol. The zero-order valence-corrected chi connectivity index (χ0v) is 20.1. The maximum Gasteiger partial charge on any atom is 0.343 e. The third kappa shape index (κ3) is 6.94. The van der Waals surface area contributed by atoms with E-state index in [-0.39, 0.29) is 22.7 Å². The smallest absolute Gasteiger partial charge is 0.343 e. The van der Waals surface area contributed by atoms with Crippen molar-refractivity contribution in [2.45, 2.75) is 0 Å². The highest BCUT2D eigenvalue weighted by Gasteiger charge is 2.18. The Kier molecular flexibility index (Phi) is 8.97. The number of nitrogens with one attached hydrogen (secondary N) is 1. The van der Waals surface area contributed by atoms with Gasteiger partial charge in [0, 0.05) is 6.07 Å². The van der Waals surface area contributed by atoms with Crippen molar-refractivity contribution in [3.63, 3.8) is 0 Å². The standard InChI is InChI=1S/C25H23N3O9/c1-33-21-12-17(13-22(34-2)24(21)35-3)25(30)37-18-10-8-16(9-11-18)14-26-27-23(29)15-36-20-7-5-4-6-19(20)28(31)32/h4-14H,15H2,1-3H3,(H,27,29)/b26-14-. The van der Waals surface area contributed by atoms with Crippen LogP contribution in [0.1, 0.15) is 15.9 Å². The van der Waals surface area contributed by atoms with Crippen LogP contribution in [0.3, 0.4) is 0 Å². The van der Waals surface area contributed by atoms with Crippen LogP contribution in [0.5, 0.6) is 28.7 Å². The maximum absolute atomic E-state index is 12.6. The minimum Gasteiger partial charge on any atom is -0.493 e. The van der Waals surface area contributed by atoms with Crippen LogP contribution < -0.4 is 29.1 Å². The molecule has 1 amide bonds. The van der Waals surface area contributed by atoms with Gasteiger partial charge >= 0.3 is 11.7 Å². The second kappa shape index (κ2) is 12.5. The number of esters is 1. The molecule has 0 atom stereocenters. The lowest BCUT2D eigenvalue weighted by Gasteiger charge is -2.13. The normalized spacial score (nSPS) is 10.5. The van der Waals surface area contributed by atoms with Crippen molar-refractivity contribution in [2.24, 2.45) is 5.10 Å². The predicted octanol–water partition coefficient (Wildman–Crippen LogP) is 3.37. The number of carbonyl (C=O) groups is 2. The fourth-order valence-electron chi connectivity index (χ4n) is 3.07. The third-order valence-corrected chi connectivity index (χ3v) is 4.81. The zero-order valence-electron chi connectivity index (χ0n) is 20.1. The zero-order chi connectivity index (χ0) is 26.8. The first kappa shape index (κ1) is 26.5. The van der Waals surface area contributed by atoms with Gasteiger partial charge in [0.1, 0.15) is 5.75 Å². The summed E-state index contributed by atoms with van der Waals surface area (Å²) in [5.74, 6) is -0.00667. The minimum absolute atomic E-state index is 0.0247. The summed E-state index contributed by atoms with van der Waals surface area (Å²) in [6.07, 6.45) is 1.37. The molecule has 0 aliphatic heterocycles. The Bertz CT molecular complexity index is 1280. The van der Waals surface area contributed by atoms with E-state index in [1.54, 1.807) is 30.3 Å².